The van der Waals surface area contributed by atoms with Crippen molar-refractivity contribution < 1.29 is 14.8 Å². The molecular formula is C15H16N2O4. The summed E-state index contributed by atoms with van der Waals surface area (Å²) in [7, 11) is 1.47. The first-order valence-corrected chi connectivity index (χ1v) is 6.39. The Hall–Kier alpha value is -2.60. The molecule has 0 amide bonds. The highest BCUT2D eigenvalue weighted by Gasteiger charge is 2.14. The molecule has 6 heteroatoms. The van der Waals surface area contributed by atoms with Crippen molar-refractivity contribution in [3.8, 4) is 5.75 Å². The first-order valence-electron chi connectivity index (χ1n) is 6.39. The van der Waals surface area contributed by atoms with Crippen LogP contribution in [-0.4, -0.2) is 17.1 Å². The third-order valence-electron chi connectivity index (χ3n) is 3.09. The molecule has 0 heterocycles. The van der Waals surface area contributed by atoms with Crippen molar-refractivity contribution in [2.45, 2.75) is 13.2 Å². The number of nitrogens with one attached hydrogen (secondary N) is 1. The molecule has 21 heavy (non-hydrogen) atoms. The Bertz CT molecular complexity index is 626. The van der Waals surface area contributed by atoms with Crippen molar-refractivity contribution in [1.82, 2.24) is 0 Å². The Balaban J connectivity index is 2.13. The van der Waals surface area contributed by atoms with Crippen LogP contribution in [-0.2, 0) is 13.2 Å². The molecule has 0 saturated carbocycles. The van der Waals surface area contributed by atoms with Crippen LogP contribution in [0.2, 0.25) is 0 Å². The van der Waals surface area contributed by atoms with Gasteiger partial charge in [0, 0.05) is 6.54 Å². The molecule has 2 N–H and O–H groups in total. The molecule has 0 fully saturated rings. The van der Waals surface area contributed by atoms with Crippen LogP contribution in [0.1, 0.15) is 11.1 Å². The fraction of sp³-hybridized carbons (Fsp3) is 0.200. The molecule has 0 saturated heterocycles. The number of nitro groups is 1. The van der Waals surface area contributed by atoms with E-state index in [1.54, 1.807) is 12.1 Å². The van der Waals surface area contributed by atoms with Crippen molar-refractivity contribution in [2.75, 3.05) is 12.4 Å². The first kappa shape index (κ1) is 14.8. The SMILES string of the molecule is COc1ccc(NCc2ccc(CO)cc2)c([N+](=O)[O-])c1. The molecule has 0 spiro atoms. The number of ether oxygens (including phenoxy) is 1. The van der Waals surface area contributed by atoms with Gasteiger partial charge in [0.15, 0.2) is 0 Å². The van der Waals surface area contributed by atoms with E-state index in [9.17, 15) is 10.1 Å². The Morgan fingerprint density at radius 2 is 1.86 bits per heavy atom. The highest BCUT2D eigenvalue weighted by atomic mass is 16.6. The second kappa shape index (κ2) is 6.71. The Morgan fingerprint density at radius 1 is 1.19 bits per heavy atom. The third kappa shape index (κ3) is 3.70. The number of nitrogens with zero attached hydrogens (tertiary/aromatic N) is 1. The number of nitro benzene ring substituents is 1. The Kier molecular flexibility index (Phi) is 4.73. The maximum absolute atomic E-state index is 11.1. The molecule has 0 aromatic heterocycles. The van der Waals surface area contributed by atoms with Crippen molar-refractivity contribution in [3.05, 3.63) is 63.7 Å². The van der Waals surface area contributed by atoms with E-state index >= 15 is 0 Å². The number of hydrogen-bond acceptors (Lipinski definition) is 5. The van der Waals surface area contributed by atoms with Crippen molar-refractivity contribution >= 4 is 11.4 Å². The number of methoxy groups -OCH3 is 1. The predicted molar refractivity (Wildman–Crippen MR) is 79.3 cm³/mol. The van der Waals surface area contributed by atoms with Gasteiger partial charge in [0.25, 0.3) is 5.69 Å². The van der Waals surface area contributed by atoms with Crippen molar-refractivity contribution in [1.29, 1.82) is 0 Å². The van der Waals surface area contributed by atoms with Crippen molar-refractivity contribution in [3.63, 3.8) is 0 Å². The van der Waals surface area contributed by atoms with Crippen LogP contribution in [0.3, 0.4) is 0 Å². The highest BCUT2D eigenvalue weighted by molar-refractivity contribution is 5.64. The normalized spacial score (nSPS) is 10.2. The molecule has 2 rings (SSSR count). The third-order valence-corrected chi connectivity index (χ3v) is 3.09. The summed E-state index contributed by atoms with van der Waals surface area (Å²) < 4.78 is 4.99. The largest absolute Gasteiger partial charge is 0.496 e. The van der Waals surface area contributed by atoms with Crippen LogP contribution in [0.4, 0.5) is 11.4 Å². The van der Waals surface area contributed by atoms with E-state index in [0.29, 0.717) is 18.0 Å². The van der Waals surface area contributed by atoms with E-state index in [0.717, 1.165) is 11.1 Å². The van der Waals surface area contributed by atoms with Crippen LogP contribution in [0.5, 0.6) is 5.75 Å². The summed E-state index contributed by atoms with van der Waals surface area (Å²) in [6.45, 7) is 0.455. The zero-order valence-electron chi connectivity index (χ0n) is 11.6. The lowest BCUT2D eigenvalue weighted by molar-refractivity contribution is -0.384. The number of hydrogen-bond donors (Lipinski definition) is 2. The van der Waals surface area contributed by atoms with Gasteiger partial charge in [-0.05, 0) is 23.3 Å². The van der Waals surface area contributed by atoms with E-state index < -0.39 is 4.92 Å². The minimum atomic E-state index is -0.445. The van der Waals surface area contributed by atoms with E-state index in [2.05, 4.69) is 5.32 Å². The van der Waals surface area contributed by atoms with Crippen molar-refractivity contribution in [2.24, 2.45) is 0 Å². The summed E-state index contributed by atoms with van der Waals surface area (Å²) in [4.78, 5) is 10.6. The predicted octanol–water partition coefficient (Wildman–Crippen LogP) is 2.71. The molecule has 0 atom stereocenters. The van der Waals surface area contributed by atoms with Gasteiger partial charge >= 0.3 is 0 Å². The monoisotopic (exact) mass is 288 g/mol. The summed E-state index contributed by atoms with van der Waals surface area (Å²) in [5, 5.41) is 23.1. The molecule has 6 nitrogen and oxygen atoms in total. The van der Waals surface area contributed by atoms with Gasteiger partial charge in [-0.25, -0.2) is 0 Å². The smallest absolute Gasteiger partial charge is 0.296 e. The number of aliphatic hydroxyl groups excluding tert-OH is 1. The lowest BCUT2D eigenvalue weighted by atomic mass is 10.1. The Morgan fingerprint density at radius 3 is 2.43 bits per heavy atom. The average Bonchev–Trinajstić information content (AvgIpc) is 2.53. The molecule has 0 aliphatic heterocycles. The maximum Gasteiger partial charge on any atom is 0.296 e. The molecule has 0 unspecified atom stereocenters. The quantitative estimate of drug-likeness (QED) is 0.630. The molecule has 0 bridgehead atoms. The molecule has 2 aromatic rings. The van der Waals surface area contributed by atoms with Crippen LogP contribution >= 0.6 is 0 Å². The lowest BCUT2D eigenvalue weighted by Crippen LogP contribution is -2.03. The molecule has 0 radical (unpaired) electrons. The van der Waals surface area contributed by atoms with Gasteiger partial charge in [0.2, 0.25) is 0 Å². The number of rotatable bonds is 6. The minimum absolute atomic E-state index is 0.00232. The molecule has 0 aliphatic rings. The summed E-state index contributed by atoms with van der Waals surface area (Å²) in [6.07, 6.45) is 0. The standard InChI is InChI=1S/C15H16N2O4/c1-21-13-6-7-14(15(8-13)17(19)20)16-9-11-2-4-12(10-18)5-3-11/h2-8,16,18H,9-10H2,1H3. The van der Waals surface area contributed by atoms with Gasteiger partial charge in [0.1, 0.15) is 11.4 Å². The van der Waals surface area contributed by atoms with Crippen LogP contribution in [0.15, 0.2) is 42.5 Å². The zero-order chi connectivity index (χ0) is 15.2. The van der Waals surface area contributed by atoms with Gasteiger partial charge in [-0.3, -0.25) is 10.1 Å². The lowest BCUT2D eigenvalue weighted by Gasteiger charge is -2.09. The van der Waals surface area contributed by atoms with Gasteiger partial charge < -0.3 is 15.2 Å². The molecular weight excluding hydrogens is 272 g/mol. The van der Waals surface area contributed by atoms with Gasteiger partial charge in [0.05, 0.1) is 24.7 Å². The van der Waals surface area contributed by atoms with Gasteiger partial charge in [-0.1, -0.05) is 24.3 Å². The van der Waals surface area contributed by atoms with E-state index in [-0.39, 0.29) is 12.3 Å². The maximum atomic E-state index is 11.1. The van der Waals surface area contributed by atoms with Crippen LogP contribution in [0.25, 0.3) is 0 Å². The summed E-state index contributed by atoms with van der Waals surface area (Å²) in [5.41, 5.74) is 2.21. The number of anilines is 1. The van der Waals surface area contributed by atoms with E-state index in [1.165, 1.54) is 13.2 Å². The summed E-state index contributed by atoms with van der Waals surface area (Å²) >= 11 is 0. The zero-order valence-corrected chi connectivity index (χ0v) is 11.6. The fourth-order valence-corrected chi connectivity index (χ4v) is 1.90. The second-order valence-electron chi connectivity index (χ2n) is 4.47. The van der Waals surface area contributed by atoms with E-state index in [4.69, 9.17) is 9.84 Å². The molecule has 110 valence electrons. The topological polar surface area (TPSA) is 84.6 Å². The highest BCUT2D eigenvalue weighted by Crippen LogP contribution is 2.29. The summed E-state index contributed by atoms with van der Waals surface area (Å²) in [6, 6.07) is 12.1. The summed E-state index contributed by atoms with van der Waals surface area (Å²) in [5.74, 6) is 0.444. The molecule has 0 aliphatic carbocycles. The minimum Gasteiger partial charge on any atom is -0.496 e. The van der Waals surface area contributed by atoms with Gasteiger partial charge in [-0.15, -0.1) is 0 Å². The number of aliphatic hydroxyl groups is 1. The second-order valence-corrected chi connectivity index (χ2v) is 4.47. The number of benzene rings is 2. The van der Waals surface area contributed by atoms with Gasteiger partial charge in [-0.2, -0.15) is 0 Å². The van der Waals surface area contributed by atoms with Crippen LogP contribution in [0, 0.1) is 10.1 Å². The first-order chi connectivity index (χ1) is 10.1. The van der Waals surface area contributed by atoms with E-state index in [1.807, 2.05) is 24.3 Å². The fourth-order valence-electron chi connectivity index (χ4n) is 1.90. The van der Waals surface area contributed by atoms with Crippen LogP contribution < -0.4 is 10.1 Å². The average molecular weight is 288 g/mol. The molecule has 2 aromatic carbocycles. The Labute approximate surface area is 122 Å².